The van der Waals surface area contributed by atoms with E-state index in [2.05, 4.69) is 44.4 Å². The molecular formula is C13H15BrN2. The fourth-order valence-corrected chi connectivity index (χ4v) is 3.05. The molecule has 1 aromatic carbocycles. The van der Waals surface area contributed by atoms with Gasteiger partial charge in [0.05, 0.1) is 5.52 Å². The maximum absolute atomic E-state index is 3.58. The number of nitrogens with one attached hydrogen (secondary N) is 2. The SMILES string of the molecule is Brc1c[nH]c2c(C3CCCNC3)cccc12. The minimum atomic E-state index is 0.656. The van der Waals surface area contributed by atoms with E-state index in [9.17, 15) is 0 Å². The van der Waals surface area contributed by atoms with Crippen LogP contribution in [0.15, 0.2) is 28.9 Å². The number of hydrogen-bond donors (Lipinski definition) is 2. The molecule has 3 rings (SSSR count). The molecule has 2 aromatic rings. The van der Waals surface area contributed by atoms with Gasteiger partial charge in [0.15, 0.2) is 0 Å². The van der Waals surface area contributed by atoms with E-state index in [1.54, 1.807) is 0 Å². The molecule has 0 radical (unpaired) electrons. The van der Waals surface area contributed by atoms with Gasteiger partial charge < -0.3 is 10.3 Å². The Hall–Kier alpha value is -0.800. The van der Waals surface area contributed by atoms with Crippen LogP contribution >= 0.6 is 15.9 Å². The first-order valence-corrected chi connectivity index (χ1v) is 6.62. The molecule has 2 nitrogen and oxygen atoms in total. The summed E-state index contributed by atoms with van der Waals surface area (Å²) in [6, 6.07) is 6.57. The lowest BCUT2D eigenvalue weighted by Crippen LogP contribution is -2.28. The second kappa shape index (κ2) is 4.22. The van der Waals surface area contributed by atoms with Crippen molar-refractivity contribution in [3.63, 3.8) is 0 Å². The molecule has 84 valence electrons. The molecule has 1 unspecified atom stereocenters. The quantitative estimate of drug-likeness (QED) is 0.822. The van der Waals surface area contributed by atoms with Gasteiger partial charge in [0, 0.05) is 22.6 Å². The zero-order valence-corrected chi connectivity index (χ0v) is 10.7. The highest BCUT2D eigenvalue weighted by Gasteiger charge is 2.18. The lowest BCUT2D eigenvalue weighted by molar-refractivity contribution is 0.463. The summed E-state index contributed by atoms with van der Waals surface area (Å²) in [6.07, 6.45) is 4.61. The lowest BCUT2D eigenvalue weighted by Gasteiger charge is -2.23. The molecule has 1 aliphatic heterocycles. The van der Waals surface area contributed by atoms with Gasteiger partial charge >= 0.3 is 0 Å². The van der Waals surface area contributed by atoms with E-state index in [0.29, 0.717) is 5.92 Å². The monoisotopic (exact) mass is 278 g/mol. The van der Waals surface area contributed by atoms with Crippen molar-refractivity contribution in [1.82, 2.24) is 10.3 Å². The van der Waals surface area contributed by atoms with Crippen LogP contribution in [0.2, 0.25) is 0 Å². The number of aromatic nitrogens is 1. The fourth-order valence-electron chi connectivity index (χ4n) is 2.60. The van der Waals surface area contributed by atoms with E-state index in [0.717, 1.165) is 11.0 Å². The Labute approximate surface area is 104 Å². The van der Waals surface area contributed by atoms with Gasteiger partial charge in [-0.2, -0.15) is 0 Å². The van der Waals surface area contributed by atoms with Crippen LogP contribution in [-0.4, -0.2) is 18.1 Å². The number of benzene rings is 1. The number of halogens is 1. The topological polar surface area (TPSA) is 27.8 Å². The Bertz CT molecular complexity index is 498. The number of aromatic amines is 1. The van der Waals surface area contributed by atoms with E-state index >= 15 is 0 Å². The largest absolute Gasteiger partial charge is 0.360 e. The van der Waals surface area contributed by atoms with E-state index < -0.39 is 0 Å². The normalized spacial score (nSPS) is 21.4. The maximum atomic E-state index is 3.58. The smallest absolute Gasteiger partial charge is 0.0501 e. The molecule has 1 aromatic heterocycles. The van der Waals surface area contributed by atoms with Crippen molar-refractivity contribution in [1.29, 1.82) is 0 Å². The molecule has 1 aliphatic rings. The molecule has 1 fully saturated rings. The zero-order chi connectivity index (χ0) is 11.0. The molecule has 0 bridgehead atoms. The standard InChI is InChI=1S/C13H15BrN2/c14-12-8-16-13-10(4-1-5-11(12)13)9-3-2-6-15-7-9/h1,4-5,8-9,15-16H,2-3,6-7H2. The van der Waals surface area contributed by atoms with Crippen molar-refractivity contribution in [3.8, 4) is 0 Å². The molecule has 3 heteroatoms. The van der Waals surface area contributed by atoms with Gasteiger partial charge in [0.2, 0.25) is 0 Å². The van der Waals surface area contributed by atoms with Gasteiger partial charge in [-0.25, -0.2) is 0 Å². The molecule has 0 amide bonds. The molecular weight excluding hydrogens is 264 g/mol. The summed E-state index contributed by atoms with van der Waals surface area (Å²) in [5.74, 6) is 0.656. The van der Waals surface area contributed by atoms with Crippen LogP contribution in [0.4, 0.5) is 0 Å². The van der Waals surface area contributed by atoms with Gasteiger partial charge in [-0.1, -0.05) is 18.2 Å². The molecule has 16 heavy (non-hydrogen) atoms. The number of H-pyrrole nitrogens is 1. The molecule has 0 spiro atoms. The summed E-state index contributed by atoms with van der Waals surface area (Å²) in [4.78, 5) is 3.38. The summed E-state index contributed by atoms with van der Waals surface area (Å²) in [6.45, 7) is 2.27. The summed E-state index contributed by atoms with van der Waals surface area (Å²) in [5, 5.41) is 4.77. The van der Waals surface area contributed by atoms with Crippen molar-refractivity contribution < 1.29 is 0 Å². The summed E-state index contributed by atoms with van der Waals surface area (Å²) in [7, 11) is 0. The zero-order valence-electron chi connectivity index (χ0n) is 9.09. The number of piperidine rings is 1. The Morgan fingerprint density at radius 1 is 1.31 bits per heavy atom. The van der Waals surface area contributed by atoms with Gasteiger partial charge in [-0.05, 0) is 46.8 Å². The lowest BCUT2D eigenvalue weighted by atomic mass is 9.90. The Kier molecular flexibility index (Phi) is 2.74. The van der Waals surface area contributed by atoms with Crippen LogP contribution in [0.1, 0.15) is 24.3 Å². The maximum Gasteiger partial charge on any atom is 0.0501 e. The van der Waals surface area contributed by atoms with Crippen LogP contribution in [0, 0.1) is 0 Å². The molecule has 0 saturated carbocycles. The average molecular weight is 279 g/mol. The molecule has 1 saturated heterocycles. The first-order valence-electron chi connectivity index (χ1n) is 5.82. The predicted octanol–water partition coefficient (Wildman–Crippen LogP) is 3.40. The van der Waals surface area contributed by atoms with E-state index in [1.807, 2.05) is 6.20 Å². The van der Waals surface area contributed by atoms with Crippen molar-refractivity contribution in [2.45, 2.75) is 18.8 Å². The third kappa shape index (κ3) is 1.68. The van der Waals surface area contributed by atoms with Crippen LogP contribution in [0.25, 0.3) is 10.9 Å². The van der Waals surface area contributed by atoms with Crippen molar-refractivity contribution in [2.75, 3.05) is 13.1 Å². The van der Waals surface area contributed by atoms with Crippen molar-refractivity contribution >= 4 is 26.8 Å². The highest BCUT2D eigenvalue weighted by molar-refractivity contribution is 9.10. The summed E-state index contributed by atoms with van der Waals surface area (Å²) < 4.78 is 1.16. The number of para-hydroxylation sites is 1. The van der Waals surface area contributed by atoms with E-state index in [1.165, 1.54) is 35.9 Å². The Balaban J connectivity index is 2.08. The minimum Gasteiger partial charge on any atom is -0.360 e. The van der Waals surface area contributed by atoms with Gasteiger partial charge in [-0.15, -0.1) is 0 Å². The minimum absolute atomic E-state index is 0.656. The second-order valence-electron chi connectivity index (χ2n) is 4.45. The number of rotatable bonds is 1. The van der Waals surface area contributed by atoms with Crippen LogP contribution < -0.4 is 5.32 Å². The fraction of sp³-hybridized carbons (Fsp3) is 0.385. The average Bonchev–Trinajstić information content (AvgIpc) is 2.73. The van der Waals surface area contributed by atoms with E-state index in [-0.39, 0.29) is 0 Å². The Morgan fingerprint density at radius 2 is 2.25 bits per heavy atom. The van der Waals surface area contributed by atoms with E-state index in [4.69, 9.17) is 0 Å². The number of fused-ring (bicyclic) bond motifs is 1. The number of hydrogen-bond acceptors (Lipinski definition) is 1. The van der Waals surface area contributed by atoms with Crippen LogP contribution in [0.5, 0.6) is 0 Å². The summed E-state index contributed by atoms with van der Waals surface area (Å²) >= 11 is 3.58. The molecule has 0 aliphatic carbocycles. The van der Waals surface area contributed by atoms with Crippen LogP contribution in [-0.2, 0) is 0 Å². The molecule has 2 N–H and O–H groups in total. The Morgan fingerprint density at radius 3 is 3.06 bits per heavy atom. The predicted molar refractivity (Wildman–Crippen MR) is 70.8 cm³/mol. The molecule has 1 atom stereocenters. The van der Waals surface area contributed by atoms with Crippen molar-refractivity contribution in [3.05, 3.63) is 34.4 Å². The highest BCUT2D eigenvalue weighted by Crippen LogP contribution is 2.32. The first-order chi connectivity index (χ1) is 7.86. The van der Waals surface area contributed by atoms with Crippen molar-refractivity contribution in [2.24, 2.45) is 0 Å². The third-order valence-electron chi connectivity index (χ3n) is 3.43. The second-order valence-corrected chi connectivity index (χ2v) is 5.30. The van der Waals surface area contributed by atoms with Gasteiger partial charge in [0.25, 0.3) is 0 Å². The van der Waals surface area contributed by atoms with Gasteiger partial charge in [0.1, 0.15) is 0 Å². The third-order valence-corrected chi connectivity index (χ3v) is 4.09. The molecule has 2 heterocycles. The van der Waals surface area contributed by atoms with Crippen LogP contribution in [0.3, 0.4) is 0 Å². The summed E-state index contributed by atoms with van der Waals surface area (Å²) in [5.41, 5.74) is 2.75. The first kappa shape index (κ1) is 10.4. The van der Waals surface area contributed by atoms with Gasteiger partial charge in [-0.3, -0.25) is 0 Å². The highest BCUT2D eigenvalue weighted by atomic mass is 79.9.